The van der Waals surface area contributed by atoms with Gasteiger partial charge in [0.05, 0.1) is 12.2 Å². The first kappa shape index (κ1) is 26.0. The number of nitrogens with one attached hydrogen (secondary N) is 2. The van der Waals surface area contributed by atoms with Crippen LogP contribution >= 0.6 is 0 Å². The van der Waals surface area contributed by atoms with Gasteiger partial charge in [-0.05, 0) is 45.4 Å². The highest BCUT2D eigenvalue weighted by Gasteiger charge is 2.29. The van der Waals surface area contributed by atoms with Gasteiger partial charge in [0.25, 0.3) is 5.91 Å². The van der Waals surface area contributed by atoms with Crippen LogP contribution in [0.25, 0.3) is 0 Å². The second kappa shape index (κ2) is 11.9. The van der Waals surface area contributed by atoms with Crippen LogP contribution in [0.3, 0.4) is 0 Å². The zero-order valence-electron chi connectivity index (χ0n) is 17.9. The van der Waals surface area contributed by atoms with E-state index in [0.29, 0.717) is 0 Å². The number of hydrogen-bond donors (Lipinski definition) is 2. The number of amides is 2. The number of hydroxylamine groups is 1. The molecule has 0 aliphatic heterocycles. The van der Waals surface area contributed by atoms with Crippen molar-refractivity contribution in [1.82, 2.24) is 10.8 Å². The molecule has 2 N–H and O–H groups in total. The number of ether oxygens (including phenoxy) is 1. The van der Waals surface area contributed by atoms with E-state index in [1.54, 1.807) is 27.7 Å². The van der Waals surface area contributed by atoms with E-state index in [4.69, 9.17) is 9.57 Å². The number of halogens is 3. The van der Waals surface area contributed by atoms with Crippen molar-refractivity contribution in [3.8, 4) is 0 Å². The monoisotopic (exact) mass is 440 g/mol. The molecule has 0 bridgehead atoms. The van der Waals surface area contributed by atoms with Gasteiger partial charge in [0.1, 0.15) is 12.1 Å². The molecule has 2 amide bonds. The molecular weight excluding hydrogens is 413 g/mol. The highest BCUT2D eigenvalue weighted by Crippen LogP contribution is 2.28. The van der Waals surface area contributed by atoms with E-state index in [0.717, 1.165) is 23.3 Å². The Bertz CT molecular complexity index is 817. The smallest absolute Gasteiger partial charge is 0.416 e. The maximum absolute atomic E-state index is 11.9. The summed E-state index contributed by atoms with van der Waals surface area (Å²) in [5.74, 6) is -0.452. The Morgan fingerprint density at radius 3 is 2.03 bits per heavy atom. The lowest BCUT2D eigenvalue weighted by atomic mass is 10.1. The van der Waals surface area contributed by atoms with Crippen LogP contribution < -0.4 is 10.8 Å². The maximum Gasteiger partial charge on any atom is 0.416 e. The number of alkyl halides is 3. The summed E-state index contributed by atoms with van der Waals surface area (Å²) in [7, 11) is 0. The third-order valence-electron chi connectivity index (χ3n) is 3.44. The van der Waals surface area contributed by atoms with Crippen LogP contribution in [0.2, 0.25) is 0 Å². The summed E-state index contributed by atoms with van der Waals surface area (Å²) in [4.78, 5) is 27.7. The third kappa shape index (κ3) is 12.3. The third-order valence-corrected chi connectivity index (χ3v) is 3.44. The molecule has 0 spiro atoms. The molecule has 0 fully saturated rings. The Labute approximate surface area is 179 Å². The van der Waals surface area contributed by atoms with Gasteiger partial charge in [0.2, 0.25) is 0 Å². The molecule has 2 aromatic rings. The molecule has 0 aliphatic rings. The summed E-state index contributed by atoms with van der Waals surface area (Å²) < 4.78 is 40.7. The minimum absolute atomic E-state index is 0.205. The van der Waals surface area contributed by atoms with Gasteiger partial charge in [-0.3, -0.25) is 9.63 Å². The van der Waals surface area contributed by atoms with Gasteiger partial charge in [-0.2, -0.15) is 13.2 Å². The molecule has 0 saturated heterocycles. The Hall–Kier alpha value is -3.07. The summed E-state index contributed by atoms with van der Waals surface area (Å²) >= 11 is 0. The van der Waals surface area contributed by atoms with Crippen molar-refractivity contribution in [3.05, 3.63) is 71.3 Å². The second-order valence-corrected chi connectivity index (χ2v) is 7.52. The molecule has 6 nitrogen and oxygen atoms in total. The van der Waals surface area contributed by atoms with Crippen LogP contribution in [-0.4, -0.2) is 24.1 Å². The fourth-order valence-corrected chi connectivity index (χ4v) is 2.02. The van der Waals surface area contributed by atoms with Crippen LogP contribution in [0.5, 0.6) is 0 Å². The lowest BCUT2D eigenvalue weighted by Gasteiger charge is -2.19. The fraction of sp³-hybridized carbons (Fsp3) is 0.364. The number of benzene rings is 2. The predicted molar refractivity (Wildman–Crippen MR) is 110 cm³/mol. The summed E-state index contributed by atoms with van der Waals surface area (Å²) in [6.45, 7) is 7.05. The van der Waals surface area contributed by atoms with Gasteiger partial charge in [0, 0.05) is 0 Å². The van der Waals surface area contributed by atoms with Crippen molar-refractivity contribution in [2.45, 2.75) is 46.1 Å². The Balaban J connectivity index is 0.000000367. The van der Waals surface area contributed by atoms with Crippen LogP contribution in [0.1, 0.15) is 37.5 Å². The lowest BCUT2D eigenvalue weighted by molar-refractivity contribution is -0.137. The second-order valence-electron chi connectivity index (χ2n) is 7.52. The molecule has 31 heavy (non-hydrogen) atoms. The van der Waals surface area contributed by atoms with Crippen molar-refractivity contribution in [1.29, 1.82) is 0 Å². The van der Waals surface area contributed by atoms with Gasteiger partial charge < -0.3 is 10.1 Å². The highest BCUT2D eigenvalue weighted by molar-refractivity contribution is 5.81. The van der Waals surface area contributed by atoms with Gasteiger partial charge in [-0.1, -0.05) is 48.0 Å². The predicted octanol–water partition coefficient (Wildman–Crippen LogP) is 4.77. The van der Waals surface area contributed by atoms with Gasteiger partial charge >= 0.3 is 12.3 Å². The number of alkyl carbamates (subject to hydrolysis) is 1. The molecule has 0 radical (unpaired) electrons. The molecule has 0 heterocycles. The van der Waals surface area contributed by atoms with Crippen molar-refractivity contribution >= 4 is 12.0 Å². The summed E-state index contributed by atoms with van der Waals surface area (Å²) in [6, 6.07) is 14.5. The largest absolute Gasteiger partial charge is 0.444 e. The van der Waals surface area contributed by atoms with E-state index < -0.39 is 29.3 Å². The molecule has 0 aliphatic carbocycles. The first-order chi connectivity index (χ1) is 14.4. The number of aryl methyl sites for hydroxylation is 1. The topological polar surface area (TPSA) is 76.7 Å². The SMILES string of the molecule is CC(C)(C)OC(=O)NCC(=O)NOCc1ccccc1.Cc1ccc(C(F)(F)F)cc1. The standard InChI is InChI=1S/C14H20N2O4.C8H7F3/c1-14(2,3)20-13(18)15-9-12(17)16-19-10-11-7-5-4-6-8-11;1-6-2-4-7(5-3-6)8(9,10)11/h4-8H,9-10H2,1-3H3,(H,15,18)(H,16,17);2-5H,1H3. The van der Waals surface area contributed by atoms with Crippen LogP contribution in [0.15, 0.2) is 54.6 Å². The van der Waals surface area contributed by atoms with E-state index in [1.165, 1.54) is 12.1 Å². The highest BCUT2D eigenvalue weighted by atomic mass is 19.4. The van der Waals surface area contributed by atoms with E-state index in [1.807, 2.05) is 30.3 Å². The zero-order valence-corrected chi connectivity index (χ0v) is 17.9. The van der Waals surface area contributed by atoms with E-state index in [2.05, 4.69) is 10.8 Å². The van der Waals surface area contributed by atoms with Gasteiger partial charge in [-0.15, -0.1) is 0 Å². The number of carbonyl (C=O) groups excluding carboxylic acids is 2. The van der Waals surface area contributed by atoms with Crippen LogP contribution in [-0.2, 0) is 27.2 Å². The molecule has 0 saturated carbocycles. The summed E-state index contributed by atoms with van der Waals surface area (Å²) in [6.07, 6.45) is -4.86. The lowest BCUT2D eigenvalue weighted by Crippen LogP contribution is -2.39. The van der Waals surface area contributed by atoms with E-state index >= 15 is 0 Å². The molecule has 0 unspecified atom stereocenters. The zero-order chi connectivity index (χ0) is 23.5. The van der Waals surface area contributed by atoms with Crippen molar-refractivity contribution < 1.29 is 32.3 Å². The quantitative estimate of drug-likeness (QED) is 0.657. The minimum Gasteiger partial charge on any atom is -0.444 e. The van der Waals surface area contributed by atoms with Crippen molar-refractivity contribution in [2.24, 2.45) is 0 Å². The molecule has 0 atom stereocenters. The fourth-order valence-electron chi connectivity index (χ4n) is 2.02. The first-order valence-electron chi connectivity index (χ1n) is 9.42. The number of hydrogen-bond acceptors (Lipinski definition) is 4. The van der Waals surface area contributed by atoms with Crippen molar-refractivity contribution in [3.63, 3.8) is 0 Å². The first-order valence-corrected chi connectivity index (χ1v) is 9.42. The average molecular weight is 440 g/mol. The number of carbonyl (C=O) groups is 2. The van der Waals surface area contributed by atoms with Crippen LogP contribution in [0, 0.1) is 6.92 Å². The molecule has 170 valence electrons. The summed E-state index contributed by atoms with van der Waals surface area (Å²) in [5.41, 5.74) is 2.82. The van der Waals surface area contributed by atoms with E-state index in [9.17, 15) is 22.8 Å². The normalized spacial score (nSPS) is 11.1. The maximum atomic E-state index is 11.9. The average Bonchev–Trinajstić information content (AvgIpc) is 2.66. The minimum atomic E-state index is -4.21. The molecular formula is C22H27F3N2O4. The molecule has 9 heteroatoms. The van der Waals surface area contributed by atoms with Gasteiger partial charge in [0.15, 0.2) is 0 Å². The van der Waals surface area contributed by atoms with Gasteiger partial charge in [-0.25, -0.2) is 10.3 Å². The Morgan fingerprint density at radius 2 is 1.52 bits per heavy atom. The van der Waals surface area contributed by atoms with Crippen LogP contribution in [0.4, 0.5) is 18.0 Å². The Kier molecular flexibility index (Phi) is 10.0. The van der Waals surface area contributed by atoms with Crippen molar-refractivity contribution in [2.75, 3.05) is 6.54 Å². The summed E-state index contributed by atoms with van der Waals surface area (Å²) in [5, 5.41) is 2.33. The molecule has 2 rings (SSSR count). The van der Waals surface area contributed by atoms with E-state index in [-0.39, 0.29) is 13.2 Å². The molecule has 0 aromatic heterocycles. The Morgan fingerprint density at radius 1 is 0.935 bits per heavy atom. The number of rotatable bonds is 5. The molecule has 2 aromatic carbocycles.